The summed E-state index contributed by atoms with van der Waals surface area (Å²) >= 11 is 0. The number of esters is 1. The first kappa shape index (κ1) is 14.8. The molecule has 3 atom stereocenters. The van der Waals surface area contributed by atoms with Crippen LogP contribution in [0.3, 0.4) is 0 Å². The van der Waals surface area contributed by atoms with Crippen molar-refractivity contribution in [3.63, 3.8) is 0 Å². The second kappa shape index (κ2) is 6.68. The fourth-order valence-corrected chi connectivity index (χ4v) is 2.98. The molecule has 0 aromatic heterocycles. The molecule has 2 fully saturated rings. The van der Waals surface area contributed by atoms with Gasteiger partial charge in [0.05, 0.1) is 6.10 Å². The molecule has 0 spiro atoms. The average molecular weight is 270 g/mol. The van der Waals surface area contributed by atoms with Crippen molar-refractivity contribution in [1.82, 2.24) is 10.2 Å². The fraction of sp³-hybridized carbons (Fsp3) is 0.929. The van der Waals surface area contributed by atoms with E-state index in [-0.39, 0.29) is 24.2 Å². The van der Waals surface area contributed by atoms with E-state index < -0.39 is 0 Å². The first-order valence-corrected chi connectivity index (χ1v) is 7.39. The van der Waals surface area contributed by atoms with E-state index in [1.54, 1.807) is 0 Å². The van der Waals surface area contributed by atoms with Gasteiger partial charge in [-0.1, -0.05) is 0 Å². The molecule has 5 heteroatoms. The molecule has 2 aliphatic heterocycles. The third-order valence-electron chi connectivity index (χ3n) is 4.05. The van der Waals surface area contributed by atoms with Gasteiger partial charge >= 0.3 is 5.97 Å². The molecule has 5 nitrogen and oxygen atoms in total. The van der Waals surface area contributed by atoms with Gasteiger partial charge in [-0.3, -0.25) is 4.79 Å². The smallest absolute Gasteiger partial charge is 0.323 e. The molecule has 2 aliphatic rings. The molecular formula is C14H26N2O3. The number of aliphatic hydroxyl groups excluding tert-OH is 1. The molecule has 0 aliphatic carbocycles. The van der Waals surface area contributed by atoms with E-state index >= 15 is 0 Å². The van der Waals surface area contributed by atoms with Crippen molar-refractivity contribution in [2.24, 2.45) is 5.92 Å². The summed E-state index contributed by atoms with van der Waals surface area (Å²) < 4.78 is 5.14. The third kappa shape index (κ3) is 4.44. The van der Waals surface area contributed by atoms with Crippen molar-refractivity contribution in [2.75, 3.05) is 26.2 Å². The van der Waals surface area contributed by atoms with Crippen molar-refractivity contribution >= 4 is 5.97 Å². The molecular weight excluding hydrogens is 244 g/mol. The lowest BCUT2D eigenvalue weighted by Crippen LogP contribution is -2.42. The molecule has 2 N–H and O–H groups in total. The van der Waals surface area contributed by atoms with Crippen LogP contribution in [0.15, 0.2) is 0 Å². The number of carbonyl (C=O) groups excluding carboxylic acids is 1. The Balaban J connectivity index is 1.64. The minimum absolute atomic E-state index is 0.0536. The summed E-state index contributed by atoms with van der Waals surface area (Å²) in [5, 5.41) is 12.7. The minimum Gasteiger partial charge on any atom is -0.461 e. The lowest BCUT2D eigenvalue weighted by atomic mass is 9.96. The minimum atomic E-state index is -0.246. The van der Waals surface area contributed by atoms with Crippen molar-refractivity contribution in [1.29, 1.82) is 0 Å². The quantitative estimate of drug-likeness (QED) is 0.707. The maximum atomic E-state index is 11.5. The topological polar surface area (TPSA) is 61.8 Å². The van der Waals surface area contributed by atoms with Gasteiger partial charge < -0.3 is 20.1 Å². The van der Waals surface area contributed by atoms with E-state index in [4.69, 9.17) is 4.74 Å². The lowest BCUT2D eigenvalue weighted by Gasteiger charge is -2.33. The van der Waals surface area contributed by atoms with Gasteiger partial charge in [0.2, 0.25) is 0 Å². The van der Waals surface area contributed by atoms with Crippen LogP contribution in [0.1, 0.15) is 33.1 Å². The zero-order chi connectivity index (χ0) is 13.8. The van der Waals surface area contributed by atoms with Crippen molar-refractivity contribution < 1.29 is 14.6 Å². The van der Waals surface area contributed by atoms with Crippen molar-refractivity contribution in [2.45, 2.75) is 51.4 Å². The zero-order valence-electron chi connectivity index (χ0n) is 12.0. The van der Waals surface area contributed by atoms with Gasteiger partial charge in [0.25, 0.3) is 0 Å². The van der Waals surface area contributed by atoms with Crippen LogP contribution >= 0.6 is 0 Å². The third-order valence-corrected chi connectivity index (χ3v) is 4.05. The Hall–Kier alpha value is -0.650. The molecule has 2 rings (SSSR count). The highest BCUT2D eigenvalue weighted by molar-refractivity contribution is 5.77. The number of rotatable bonds is 5. The van der Waals surface area contributed by atoms with Crippen LogP contribution in [0.25, 0.3) is 0 Å². The average Bonchev–Trinajstić information content (AvgIpc) is 2.66. The summed E-state index contributed by atoms with van der Waals surface area (Å²) in [6.45, 7) is 7.53. The van der Waals surface area contributed by atoms with Crippen LogP contribution in [0, 0.1) is 5.92 Å². The molecule has 2 heterocycles. The van der Waals surface area contributed by atoms with Gasteiger partial charge in [-0.2, -0.15) is 0 Å². The molecule has 0 bridgehead atoms. The number of nitrogens with one attached hydrogen (secondary N) is 1. The van der Waals surface area contributed by atoms with E-state index in [9.17, 15) is 9.90 Å². The summed E-state index contributed by atoms with van der Waals surface area (Å²) in [4.78, 5) is 13.8. The van der Waals surface area contributed by atoms with Crippen LogP contribution < -0.4 is 5.32 Å². The number of piperidine rings is 1. The predicted octanol–water partition coefficient (Wildman–Crippen LogP) is 0.373. The number of cyclic esters (lactones) is 1. The Morgan fingerprint density at radius 3 is 2.68 bits per heavy atom. The highest BCUT2D eigenvalue weighted by Crippen LogP contribution is 2.19. The molecule has 0 saturated carbocycles. The molecule has 110 valence electrons. The van der Waals surface area contributed by atoms with Crippen LogP contribution in [-0.2, 0) is 9.53 Å². The first-order valence-electron chi connectivity index (χ1n) is 7.39. The van der Waals surface area contributed by atoms with Gasteiger partial charge in [0, 0.05) is 13.0 Å². The highest BCUT2D eigenvalue weighted by atomic mass is 16.6. The normalized spacial score (nSPS) is 31.4. The van der Waals surface area contributed by atoms with Gasteiger partial charge in [0.1, 0.15) is 12.1 Å². The standard InChI is InChI=1S/C14H26N2O3/c1-10(17)9-16-5-3-12(4-6-16)8-15-13-7-11(2)19-14(13)18/h10-13,15,17H,3-9H2,1-2H3/t10-,11-,13+/m0/s1. The SMILES string of the molecule is C[C@H](O)CN1CCC(CN[C@@H]2C[C@H](C)OC2=O)CC1. The van der Waals surface area contributed by atoms with Crippen molar-refractivity contribution in [3.05, 3.63) is 0 Å². The molecule has 0 aromatic rings. The number of aliphatic hydroxyl groups is 1. The van der Waals surface area contributed by atoms with Crippen molar-refractivity contribution in [3.8, 4) is 0 Å². The molecule has 0 aromatic carbocycles. The predicted molar refractivity (Wildman–Crippen MR) is 72.8 cm³/mol. The van der Waals surface area contributed by atoms with Gasteiger partial charge in [-0.15, -0.1) is 0 Å². The van der Waals surface area contributed by atoms with Gasteiger partial charge in [0.15, 0.2) is 0 Å². The number of hydrogen-bond acceptors (Lipinski definition) is 5. The van der Waals surface area contributed by atoms with E-state index in [1.807, 2.05) is 13.8 Å². The summed E-state index contributed by atoms with van der Waals surface area (Å²) in [5.41, 5.74) is 0. The maximum absolute atomic E-state index is 11.5. The Kier molecular flexibility index (Phi) is 5.19. The molecule has 0 amide bonds. The second-order valence-electron chi connectivity index (χ2n) is 6.04. The Labute approximate surface area is 115 Å². The maximum Gasteiger partial charge on any atom is 0.323 e. The summed E-state index contributed by atoms with van der Waals surface area (Å²) in [7, 11) is 0. The van der Waals surface area contributed by atoms with Gasteiger partial charge in [-0.05, 0) is 52.2 Å². The summed E-state index contributed by atoms with van der Waals surface area (Å²) in [6.07, 6.45) is 2.87. The van der Waals surface area contributed by atoms with Gasteiger partial charge in [-0.25, -0.2) is 0 Å². The first-order chi connectivity index (χ1) is 9.04. The van der Waals surface area contributed by atoms with E-state index in [0.717, 1.165) is 45.4 Å². The monoisotopic (exact) mass is 270 g/mol. The van der Waals surface area contributed by atoms with Crippen LogP contribution in [0.5, 0.6) is 0 Å². The highest BCUT2D eigenvalue weighted by Gasteiger charge is 2.32. The van der Waals surface area contributed by atoms with Crippen LogP contribution in [0.4, 0.5) is 0 Å². The number of β-amino-alcohol motifs (C(OH)–C–C–N with tert-alkyl or cyclic N) is 1. The number of likely N-dealkylation sites (tertiary alicyclic amines) is 1. The van der Waals surface area contributed by atoms with E-state index in [0.29, 0.717) is 5.92 Å². The molecule has 19 heavy (non-hydrogen) atoms. The molecule has 2 saturated heterocycles. The van der Waals surface area contributed by atoms with E-state index in [2.05, 4.69) is 10.2 Å². The number of nitrogens with zero attached hydrogens (tertiary/aromatic N) is 1. The van der Waals surface area contributed by atoms with E-state index in [1.165, 1.54) is 0 Å². The fourth-order valence-electron chi connectivity index (χ4n) is 2.98. The Morgan fingerprint density at radius 2 is 2.16 bits per heavy atom. The Morgan fingerprint density at radius 1 is 1.47 bits per heavy atom. The summed E-state index contributed by atoms with van der Waals surface area (Å²) in [6, 6.07) is -0.106. The Bertz CT molecular complexity index is 301. The number of carbonyl (C=O) groups is 1. The zero-order valence-corrected chi connectivity index (χ0v) is 12.0. The number of hydrogen-bond donors (Lipinski definition) is 2. The molecule has 0 radical (unpaired) electrons. The second-order valence-corrected chi connectivity index (χ2v) is 6.04. The molecule has 0 unspecified atom stereocenters. The van der Waals surface area contributed by atoms with Crippen LogP contribution in [-0.4, -0.2) is 60.4 Å². The number of ether oxygens (including phenoxy) is 1. The summed E-state index contributed by atoms with van der Waals surface area (Å²) in [5.74, 6) is 0.535. The van der Waals surface area contributed by atoms with Crippen LogP contribution in [0.2, 0.25) is 0 Å². The largest absolute Gasteiger partial charge is 0.461 e. The lowest BCUT2D eigenvalue weighted by molar-refractivity contribution is -0.142.